The van der Waals surface area contributed by atoms with Gasteiger partial charge in [-0.25, -0.2) is 4.79 Å². The molecule has 1 aromatic carbocycles. The van der Waals surface area contributed by atoms with Gasteiger partial charge >= 0.3 is 6.09 Å². The van der Waals surface area contributed by atoms with E-state index >= 15 is 0 Å². The molecule has 1 rings (SSSR count). The lowest BCUT2D eigenvalue weighted by Gasteiger charge is -2.24. The standard InChI is InChI=1S/C17H24BrNO3/c1-5-12(20)10-11-15(13-8-6-7-9-14(13)18)19-16(21)22-17(2,3)4/h6-9,15H,5,10-11H2,1-4H3,(H,19,21)/t15-/m0/s1. The zero-order valence-corrected chi connectivity index (χ0v) is 15.2. The van der Waals surface area contributed by atoms with Crippen molar-refractivity contribution in [1.29, 1.82) is 0 Å². The highest BCUT2D eigenvalue weighted by Gasteiger charge is 2.22. The van der Waals surface area contributed by atoms with Crippen LogP contribution in [0.2, 0.25) is 0 Å². The Labute approximate surface area is 140 Å². The van der Waals surface area contributed by atoms with Crippen LogP contribution >= 0.6 is 15.9 Å². The molecule has 0 aliphatic carbocycles. The van der Waals surface area contributed by atoms with Crippen LogP contribution in [-0.2, 0) is 9.53 Å². The lowest BCUT2D eigenvalue weighted by Crippen LogP contribution is -2.35. The number of ketones is 1. The van der Waals surface area contributed by atoms with Crippen molar-refractivity contribution in [1.82, 2.24) is 5.32 Å². The van der Waals surface area contributed by atoms with E-state index in [-0.39, 0.29) is 11.8 Å². The van der Waals surface area contributed by atoms with Crippen molar-refractivity contribution in [3.05, 3.63) is 34.3 Å². The fourth-order valence-corrected chi connectivity index (χ4v) is 2.56. The molecule has 0 aliphatic heterocycles. The fraction of sp³-hybridized carbons (Fsp3) is 0.529. The second-order valence-electron chi connectivity index (χ2n) is 6.15. The van der Waals surface area contributed by atoms with Crippen LogP contribution in [0.1, 0.15) is 58.6 Å². The Balaban J connectivity index is 2.85. The van der Waals surface area contributed by atoms with E-state index in [1.807, 2.05) is 52.0 Å². The smallest absolute Gasteiger partial charge is 0.408 e. The molecule has 0 unspecified atom stereocenters. The van der Waals surface area contributed by atoms with Crippen molar-refractivity contribution >= 4 is 27.8 Å². The zero-order valence-electron chi connectivity index (χ0n) is 13.6. The number of halogens is 1. The Morgan fingerprint density at radius 3 is 2.45 bits per heavy atom. The molecule has 0 aromatic heterocycles. The van der Waals surface area contributed by atoms with E-state index in [9.17, 15) is 9.59 Å². The summed E-state index contributed by atoms with van der Waals surface area (Å²) in [5.41, 5.74) is 0.388. The predicted octanol–water partition coefficient (Wildman–Crippen LogP) is 4.77. The molecule has 0 heterocycles. The van der Waals surface area contributed by atoms with Gasteiger partial charge in [0.1, 0.15) is 11.4 Å². The topological polar surface area (TPSA) is 55.4 Å². The van der Waals surface area contributed by atoms with Crippen molar-refractivity contribution in [2.45, 2.75) is 58.6 Å². The summed E-state index contributed by atoms with van der Waals surface area (Å²) in [5, 5.41) is 2.87. The predicted molar refractivity (Wildman–Crippen MR) is 90.8 cm³/mol. The summed E-state index contributed by atoms with van der Waals surface area (Å²) in [7, 11) is 0. The van der Waals surface area contributed by atoms with Gasteiger partial charge in [-0.05, 0) is 38.8 Å². The van der Waals surface area contributed by atoms with Gasteiger partial charge in [0.25, 0.3) is 0 Å². The average molecular weight is 370 g/mol. The first kappa shape index (κ1) is 18.7. The molecule has 0 radical (unpaired) electrons. The Morgan fingerprint density at radius 1 is 1.27 bits per heavy atom. The van der Waals surface area contributed by atoms with Gasteiger partial charge in [0.15, 0.2) is 0 Å². The molecule has 1 aromatic rings. The summed E-state index contributed by atoms with van der Waals surface area (Å²) in [5.74, 6) is 0.183. The van der Waals surface area contributed by atoms with Crippen molar-refractivity contribution in [3.8, 4) is 0 Å². The van der Waals surface area contributed by atoms with Gasteiger partial charge in [0, 0.05) is 17.3 Å². The summed E-state index contributed by atoms with van der Waals surface area (Å²) in [4.78, 5) is 23.6. The highest BCUT2D eigenvalue weighted by Crippen LogP contribution is 2.27. The van der Waals surface area contributed by atoms with Gasteiger partial charge < -0.3 is 10.1 Å². The molecule has 0 saturated heterocycles. The van der Waals surface area contributed by atoms with Crippen LogP contribution < -0.4 is 5.32 Å². The summed E-state index contributed by atoms with van der Waals surface area (Å²) >= 11 is 3.50. The number of benzene rings is 1. The molecule has 5 heteroatoms. The SMILES string of the molecule is CCC(=O)CC[C@H](NC(=O)OC(C)(C)C)c1ccccc1Br. The van der Waals surface area contributed by atoms with Crippen molar-refractivity contribution in [3.63, 3.8) is 0 Å². The molecule has 0 aliphatic rings. The molecule has 1 amide bonds. The molecule has 1 N–H and O–H groups in total. The van der Waals surface area contributed by atoms with Crippen molar-refractivity contribution < 1.29 is 14.3 Å². The summed E-state index contributed by atoms with van der Waals surface area (Å²) in [6.07, 6.45) is 1.01. The number of hydrogen-bond acceptors (Lipinski definition) is 3. The van der Waals surface area contributed by atoms with E-state index in [1.165, 1.54) is 0 Å². The first-order chi connectivity index (χ1) is 10.2. The van der Waals surface area contributed by atoms with E-state index in [4.69, 9.17) is 4.74 Å². The van der Waals surface area contributed by atoms with E-state index in [2.05, 4.69) is 21.2 Å². The Kier molecular flexibility index (Phi) is 7.07. The van der Waals surface area contributed by atoms with Crippen molar-refractivity contribution in [2.75, 3.05) is 0 Å². The third-order valence-corrected chi connectivity index (χ3v) is 3.80. The number of Topliss-reactive ketones (excluding diaryl/α,β-unsaturated/α-hetero) is 1. The molecule has 0 spiro atoms. The second kappa shape index (κ2) is 8.32. The quantitative estimate of drug-likeness (QED) is 0.785. The highest BCUT2D eigenvalue weighted by molar-refractivity contribution is 9.10. The normalized spacial score (nSPS) is 12.6. The monoisotopic (exact) mass is 369 g/mol. The molecule has 22 heavy (non-hydrogen) atoms. The summed E-state index contributed by atoms with van der Waals surface area (Å²) in [6.45, 7) is 7.30. The number of nitrogens with one attached hydrogen (secondary N) is 1. The number of carbonyl (C=O) groups is 2. The molecule has 0 fully saturated rings. The first-order valence-electron chi connectivity index (χ1n) is 7.48. The van der Waals surface area contributed by atoms with E-state index in [0.29, 0.717) is 19.3 Å². The van der Waals surface area contributed by atoms with Gasteiger partial charge in [-0.3, -0.25) is 4.79 Å². The van der Waals surface area contributed by atoms with Gasteiger partial charge in [0.05, 0.1) is 6.04 Å². The Morgan fingerprint density at radius 2 is 1.91 bits per heavy atom. The van der Waals surface area contributed by atoms with Crippen LogP contribution in [0.15, 0.2) is 28.7 Å². The zero-order chi connectivity index (χ0) is 16.8. The fourth-order valence-electron chi connectivity index (χ4n) is 2.00. The molecule has 122 valence electrons. The molecule has 0 bridgehead atoms. The number of hydrogen-bond donors (Lipinski definition) is 1. The minimum atomic E-state index is -0.554. The number of rotatable bonds is 6. The maximum absolute atomic E-state index is 12.0. The van der Waals surface area contributed by atoms with E-state index in [0.717, 1.165) is 10.0 Å². The molecule has 0 saturated carbocycles. The van der Waals surface area contributed by atoms with Crippen LogP contribution in [0.25, 0.3) is 0 Å². The molecular formula is C17H24BrNO3. The maximum Gasteiger partial charge on any atom is 0.408 e. The maximum atomic E-state index is 12.0. The largest absolute Gasteiger partial charge is 0.444 e. The van der Waals surface area contributed by atoms with Crippen molar-refractivity contribution in [2.24, 2.45) is 0 Å². The van der Waals surface area contributed by atoms with E-state index in [1.54, 1.807) is 0 Å². The number of ether oxygens (including phenoxy) is 1. The van der Waals surface area contributed by atoms with Crippen LogP contribution in [0.4, 0.5) is 4.79 Å². The third kappa shape index (κ3) is 6.60. The average Bonchev–Trinajstić information content (AvgIpc) is 2.41. The highest BCUT2D eigenvalue weighted by atomic mass is 79.9. The first-order valence-corrected chi connectivity index (χ1v) is 8.28. The third-order valence-electron chi connectivity index (χ3n) is 3.08. The lowest BCUT2D eigenvalue weighted by molar-refractivity contribution is -0.119. The minimum absolute atomic E-state index is 0.183. The summed E-state index contributed by atoms with van der Waals surface area (Å²) in [6, 6.07) is 7.41. The second-order valence-corrected chi connectivity index (χ2v) is 7.01. The number of carbonyl (C=O) groups excluding carboxylic acids is 2. The van der Waals surface area contributed by atoms with Gasteiger partial charge in [-0.15, -0.1) is 0 Å². The van der Waals surface area contributed by atoms with Crippen LogP contribution in [0, 0.1) is 0 Å². The Hall–Kier alpha value is -1.36. The van der Waals surface area contributed by atoms with E-state index < -0.39 is 11.7 Å². The Bertz CT molecular complexity index is 523. The van der Waals surface area contributed by atoms with Crippen LogP contribution in [0.5, 0.6) is 0 Å². The van der Waals surface area contributed by atoms with Gasteiger partial charge in [-0.2, -0.15) is 0 Å². The number of amides is 1. The van der Waals surface area contributed by atoms with Gasteiger partial charge in [0.2, 0.25) is 0 Å². The van der Waals surface area contributed by atoms with Crippen LogP contribution in [-0.4, -0.2) is 17.5 Å². The lowest BCUT2D eigenvalue weighted by atomic mass is 10.00. The molecular weight excluding hydrogens is 346 g/mol. The summed E-state index contributed by atoms with van der Waals surface area (Å²) < 4.78 is 6.22. The minimum Gasteiger partial charge on any atom is -0.444 e. The van der Waals surface area contributed by atoms with Gasteiger partial charge in [-0.1, -0.05) is 41.1 Å². The molecule has 4 nitrogen and oxygen atoms in total. The molecule has 1 atom stereocenters. The number of alkyl carbamates (subject to hydrolysis) is 1. The van der Waals surface area contributed by atoms with Crippen LogP contribution in [0.3, 0.4) is 0 Å².